The van der Waals surface area contributed by atoms with Gasteiger partial charge in [-0.2, -0.15) is 5.10 Å². The lowest BCUT2D eigenvalue weighted by Gasteiger charge is -2.13. The Labute approximate surface area is 179 Å². The van der Waals surface area contributed by atoms with Crippen LogP contribution in [-0.4, -0.2) is 53.6 Å². The highest BCUT2D eigenvalue weighted by atomic mass is 16.6. The van der Waals surface area contributed by atoms with Crippen molar-refractivity contribution in [2.24, 2.45) is 5.10 Å². The summed E-state index contributed by atoms with van der Waals surface area (Å²) < 4.78 is 31.4. The Morgan fingerprint density at radius 3 is 1.68 bits per heavy atom. The number of methoxy groups -OCH3 is 5. The van der Waals surface area contributed by atoms with Gasteiger partial charge in [0.2, 0.25) is 11.5 Å². The van der Waals surface area contributed by atoms with Gasteiger partial charge in [-0.05, 0) is 24.3 Å². The zero-order valence-electron chi connectivity index (χ0n) is 18.1. The minimum atomic E-state index is -0.518. The summed E-state index contributed by atoms with van der Waals surface area (Å²) in [6.45, 7) is 1.27. The monoisotopic (exact) mass is 432 g/mol. The van der Waals surface area contributed by atoms with Crippen molar-refractivity contribution in [3.63, 3.8) is 0 Å². The Bertz CT molecular complexity index is 937. The molecule has 0 aliphatic carbocycles. The quantitative estimate of drug-likeness (QED) is 0.278. The number of ether oxygens (including phenoxy) is 6. The molecule has 0 fully saturated rings. The van der Waals surface area contributed by atoms with Crippen molar-refractivity contribution in [2.45, 2.75) is 6.92 Å². The minimum Gasteiger partial charge on any atom is -0.493 e. The summed E-state index contributed by atoms with van der Waals surface area (Å²) >= 11 is 0. The van der Waals surface area contributed by atoms with Crippen LogP contribution in [0.15, 0.2) is 29.4 Å². The van der Waals surface area contributed by atoms with Gasteiger partial charge in [-0.25, -0.2) is 5.43 Å². The SMILES string of the molecule is COc1cc(C(=O)N/N=C/c2cc(OC)c(OC(C)=O)c(OC)c2)cc(OC)c1OC. The van der Waals surface area contributed by atoms with Crippen molar-refractivity contribution in [3.05, 3.63) is 35.4 Å². The average molecular weight is 432 g/mol. The fourth-order valence-corrected chi connectivity index (χ4v) is 2.66. The molecule has 2 rings (SSSR count). The number of hydrogen-bond donors (Lipinski definition) is 1. The highest BCUT2D eigenvalue weighted by molar-refractivity contribution is 5.96. The van der Waals surface area contributed by atoms with Gasteiger partial charge in [0.25, 0.3) is 5.91 Å². The third-order valence-corrected chi connectivity index (χ3v) is 4.04. The van der Waals surface area contributed by atoms with E-state index in [1.54, 1.807) is 12.1 Å². The number of hydrazone groups is 1. The second kappa shape index (κ2) is 10.7. The summed E-state index contributed by atoms with van der Waals surface area (Å²) in [4.78, 5) is 23.8. The van der Waals surface area contributed by atoms with Crippen LogP contribution in [0.5, 0.6) is 34.5 Å². The van der Waals surface area contributed by atoms with Crippen LogP contribution in [0.2, 0.25) is 0 Å². The average Bonchev–Trinajstić information content (AvgIpc) is 2.77. The molecule has 0 aliphatic rings. The minimum absolute atomic E-state index is 0.149. The zero-order valence-corrected chi connectivity index (χ0v) is 18.1. The van der Waals surface area contributed by atoms with Crippen LogP contribution in [0, 0.1) is 0 Å². The summed E-state index contributed by atoms with van der Waals surface area (Å²) in [5, 5.41) is 3.96. The predicted octanol–water partition coefficient (Wildman–Crippen LogP) is 2.42. The summed E-state index contributed by atoms with van der Waals surface area (Å²) in [5.74, 6) is 0.728. The van der Waals surface area contributed by atoms with E-state index in [9.17, 15) is 9.59 Å². The number of hydrogen-bond acceptors (Lipinski definition) is 9. The first-order valence-corrected chi connectivity index (χ1v) is 8.96. The van der Waals surface area contributed by atoms with Crippen LogP contribution in [-0.2, 0) is 4.79 Å². The first-order valence-electron chi connectivity index (χ1n) is 8.96. The van der Waals surface area contributed by atoms with Gasteiger partial charge in [0.05, 0.1) is 41.8 Å². The van der Waals surface area contributed by atoms with Crippen LogP contribution in [0.3, 0.4) is 0 Å². The standard InChI is InChI=1S/C21H24N2O8/c1-12(24)31-20-15(26-2)7-13(8-16(20)27-3)11-22-23-21(25)14-9-17(28-4)19(30-6)18(10-14)29-5/h7-11H,1-6H3,(H,23,25)/b22-11+. The molecule has 31 heavy (non-hydrogen) atoms. The Kier molecular flexibility index (Phi) is 8.07. The van der Waals surface area contributed by atoms with Crippen molar-refractivity contribution in [3.8, 4) is 34.5 Å². The Morgan fingerprint density at radius 1 is 0.774 bits per heavy atom. The predicted molar refractivity (Wildman–Crippen MR) is 112 cm³/mol. The molecule has 10 heteroatoms. The Balaban J connectivity index is 2.26. The number of rotatable bonds is 9. The summed E-state index contributed by atoms with van der Waals surface area (Å²) in [6.07, 6.45) is 1.39. The van der Waals surface area contributed by atoms with Crippen molar-refractivity contribution < 1.29 is 38.0 Å². The molecule has 0 atom stereocenters. The fraction of sp³-hybridized carbons (Fsp3) is 0.286. The highest BCUT2D eigenvalue weighted by Gasteiger charge is 2.17. The van der Waals surface area contributed by atoms with E-state index < -0.39 is 11.9 Å². The molecule has 166 valence electrons. The smallest absolute Gasteiger partial charge is 0.308 e. The molecule has 10 nitrogen and oxygen atoms in total. The molecule has 1 N–H and O–H groups in total. The number of carbonyl (C=O) groups excluding carboxylic acids is 2. The van der Waals surface area contributed by atoms with E-state index in [-0.39, 0.29) is 22.8 Å². The van der Waals surface area contributed by atoms with Crippen molar-refractivity contribution in [1.82, 2.24) is 5.43 Å². The maximum Gasteiger partial charge on any atom is 0.308 e. The largest absolute Gasteiger partial charge is 0.493 e. The van der Waals surface area contributed by atoms with E-state index in [0.717, 1.165) is 0 Å². The topological polar surface area (TPSA) is 114 Å². The first-order chi connectivity index (χ1) is 14.9. The normalized spacial score (nSPS) is 10.4. The van der Waals surface area contributed by atoms with Crippen LogP contribution in [0.1, 0.15) is 22.8 Å². The molecule has 0 spiro atoms. The number of nitrogens with one attached hydrogen (secondary N) is 1. The molecule has 0 aliphatic heterocycles. The first kappa shape index (κ1) is 23.3. The zero-order chi connectivity index (χ0) is 23.0. The van der Waals surface area contributed by atoms with Crippen LogP contribution in [0.4, 0.5) is 0 Å². The summed E-state index contributed by atoms with van der Waals surface area (Å²) in [6, 6.07) is 6.17. The second-order valence-electron chi connectivity index (χ2n) is 5.96. The summed E-state index contributed by atoms with van der Waals surface area (Å²) in [5.41, 5.74) is 3.21. The molecular formula is C21H24N2O8. The molecule has 0 heterocycles. The van der Waals surface area contributed by atoms with Gasteiger partial charge in [-0.1, -0.05) is 0 Å². The maximum absolute atomic E-state index is 12.5. The Hall–Kier alpha value is -3.95. The van der Waals surface area contributed by atoms with E-state index in [4.69, 9.17) is 28.4 Å². The molecule has 0 saturated carbocycles. The molecule has 0 bridgehead atoms. The van der Waals surface area contributed by atoms with Gasteiger partial charge in [-0.3, -0.25) is 9.59 Å². The molecule has 1 amide bonds. The number of benzene rings is 2. The maximum atomic E-state index is 12.5. The molecular weight excluding hydrogens is 408 g/mol. The van der Waals surface area contributed by atoms with E-state index in [1.807, 2.05) is 0 Å². The van der Waals surface area contributed by atoms with Crippen molar-refractivity contribution >= 4 is 18.1 Å². The van der Waals surface area contributed by atoms with Gasteiger partial charge < -0.3 is 28.4 Å². The lowest BCUT2D eigenvalue weighted by atomic mass is 10.1. The number of esters is 1. The van der Waals surface area contributed by atoms with Crippen molar-refractivity contribution in [2.75, 3.05) is 35.5 Å². The lowest BCUT2D eigenvalue weighted by molar-refractivity contribution is -0.132. The van der Waals surface area contributed by atoms with E-state index in [2.05, 4.69) is 10.5 Å². The van der Waals surface area contributed by atoms with E-state index in [0.29, 0.717) is 22.8 Å². The van der Waals surface area contributed by atoms with Crippen LogP contribution >= 0.6 is 0 Å². The fourth-order valence-electron chi connectivity index (χ4n) is 2.66. The van der Waals surface area contributed by atoms with Crippen molar-refractivity contribution in [1.29, 1.82) is 0 Å². The second-order valence-corrected chi connectivity index (χ2v) is 5.96. The van der Waals surface area contributed by atoms with Gasteiger partial charge in [0.1, 0.15) is 0 Å². The third-order valence-electron chi connectivity index (χ3n) is 4.04. The molecule has 0 saturated heterocycles. The van der Waals surface area contributed by atoms with E-state index in [1.165, 1.54) is 60.8 Å². The number of nitrogens with zero attached hydrogens (tertiary/aromatic N) is 1. The molecule has 0 aromatic heterocycles. The number of carbonyl (C=O) groups is 2. The van der Waals surface area contributed by atoms with Gasteiger partial charge >= 0.3 is 5.97 Å². The molecule has 2 aromatic rings. The van der Waals surface area contributed by atoms with Crippen LogP contribution < -0.4 is 33.8 Å². The van der Waals surface area contributed by atoms with Gasteiger partial charge in [0.15, 0.2) is 23.0 Å². The third kappa shape index (κ3) is 5.56. The van der Waals surface area contributed by atoms with E-state index >= 15 is 0 Å². The Morgan fingerprint density at radius 2 is 1.26 bits per heavy atom. The lowest BCUT2D eigenvalue weighted by Crippen LogP contribution is -2.18. The number of amides is 1. The summed E-state index contributed by atoms with van der Waals surface area (Å²) in [7, 11) is 7.23. The van der Waals surface area contributed by atoms with Gasteiger partial charge in [0, 0.05) is 18.1 Å². The van der Waals surface area contributed by atoms with Gasteiger partial charge in [-0.15, -0.1) is 0 Å². The highest BCUT2D eigenvalue weighted by Crippen LogP contribution is 2.39. The molecule has 0 unspecified atom stereocenters. The molecule has 0 radical (unpaired) electrons. The molecule has 2 aromatic carbocycles. The van der Waals surface area contributed by atoms with Crippen LogP contribution in [0.25, 0.3) is 0 Å².